The van der Waals surface area contributed by atoms with E-state index in [1.807, 2.05) is 0 Å². The first-order valence-electron chi connectivity index (χ1n) is 12.8. The number of pyridine rings is 1. The summed E-state index contributed by atoms with van der Waals surface area (Å²) < 4.78 is 50.2. The van der Waals surface area contributed by atoms with Crippen molar-refractivity contribution in [2.45, 2.75) is 65.8 Å². The van der Waals surface area contributed by atoms with Gasteiger partial charge in [0.15, 0.2) is 5.82 Å². The number of anilines is 3. The second-order valence-corrected chi connectivity index (χ2v) is 11.2. The van der Waals surface area contributed by atoms with Crippen molar-refractivity contribution in [2.75, 3.05) is 10.2 Å². The quantitative estimate of drug-likeness (QED) is 0.323. The number of aromatic nitrogens is 3. The summed E-state index contributed by atoms with van der Waals surface area (Å²) in [5.41, 5.74) is 4.88. The summed E-state index contributed by atoms with van der Waals surface area (Å²) in [6, 6.07) is 10.7. The van der Waals surface area contributed by atoms with E-state index in [0.717, 1.165) is 12.1 Å². The van der Waals surface area contributed by atoms with Gasteiger partial charge >= 0.3 is 18.4 Å². The summed E-state index contributed by atoms with van der Waals surface area (Å²) in [7, 11) is 0. The minimum Gasteiger partial charge on any atom is -0.443 e. The van der Waals surface area contributed by atoms with Gasteiger partial charge in [-0.05, 0) is 84.9 Å². The summed E-state index contributed by atoms with van der Waals surface area (Å²) in [6.07, 6.45) is -5.12. The third-order valence-electron chi connectivity index (χ3n) is 5.13. The average Bonchev–Trinajstić information content (AvgIpc) is 2.82. The molecule has 2 heterocycles. The lowest BCUT2D eigenvalue weighted by molar-refractivity contribution is -0.137. The molecular formula is C29H33F3N6O4. The molecule has 3 aromatic rings. The van der Waals surface area contributed by atoms with Crippen molar-refractivity contribution >= 4 is 35.2 Å². The predicted octanol–water partition coefficient (Wildman–Crippen LogP) is 7.05. The number of nitrogens with one attached hydrogen (secondary N) is 1. The number of amides is 2. The molecule has 0 atom stereocenters. The highest BCUT2D eigenvalue weighted by Crippen LogP contribution is 2.32. The van der Waals surface area contributed by atoms with Gasteiger partial charge in [-0.1, -0.05) is 6.07 Å². The summed E-state index contributed by atoms with van der Waals surface area (Å²) in [5.74, 6) is -0.401. The lowest BCUT2D eigenvalue weighted by atomic mass is 10.1. The Kier molecular flexibility index (Phi) is 9.14. The topological polar surface area (TPSA) is 133 Å². The van der Waals surface area contributed by atoms with E-state index < -0.39 is 35.1 Å². The summed E-state index contributed by atoms with van der Waals surface area (Å²) in [4.78, 5) is 40.5. The zero-order valence-corrected chi connectivity index (χ0v) is 24.3. The largest absolute Gasteiger partial charge is 0.443 e. The highest BCUT2D eigenvalue weighted by atomic mass is 19.4. The molecule has 1 aromatic carbocycles. The molecule has 0 saturated carbocycles. The Bertz CT molecular complexity index is 1430. The van der Waals surface area contributed by atoms with Gasteiger partial charge in [0.2, 0.25) is 5.95 Å². The number of imide groups is 1. The van der Waals surface area contributed by atoms with Gasteiger partial charge in [-0.15, -0.1) is 0 Å². The molecule has 0 aliphatic rings. The van der Waals surface area contributed by atoms with Crippen molar-refractivity contribution in [3.8, 4) is 0 Å². The molecule has 13 heteroatoms. The number of rotatable bonds is 5. The monoisotopic (exact) mass is 586 g/mol. The average molecular weight is 587 g/mol. The number of halogens is 3. The Morgan fingerprint density at radius 1 is 0.857 bits per heavy atom. The molecule has 0 bridgehead atoms. The summed E-state index contributed by atoms with van der Waals surface area (Å²) >= 11 is 0. The number of carbonyl (C=O) groups excluding carboxylic acids is 2. The fourth-order valence-corrected chi connectivity index (χ4v) is 3.53. The van der Waals surface area contributed by atoms with Crippen LogP contribution in [0.4, 0.5) is 40.2 Å². The molecule has 0 radical (unpaired) electrons. The molecule has 2 amide bonds. The van der Waals surface area contributed by atoms with E-state index >= 15 is 0 Å². The van der Waals surface area contributed by atoms with E-state index in [1.54, 1.807) is 72.9 Å². The first-order valence-corrected chi connectivity index (χ1v) is 12.8. The van der Waals surface area contributed by atoms with E-state index in [9.17, 15) is 22.8 Å². The lowest BCUT2D eigenvalue weighted by Crippen LogP contribution is -2.44. The van der Waals surface area contributed by atoms with E-state index in [1.165, 1.54) is 18.2 Å². The van der Waals surface area contributed by atoms with Crippen LogP contribution in [0.1, 0.15) is 65.4 Å². The lowest BCUT2D eigenvalue weighted by Gasteiger charge is -2.28. The van der Waals surface area contributed by atoms with Gasteiger partial charge in [0.1, 0.15) is 11.2 Å². The third kappa shape index (κ3) is 8.66. The number of nitrogens with zero attached hydrogens (tertiary/aromatic N) is 4. The normalized spacial score (nSPS) is 12.7. The second kappa shape index (κ2) is 12.0. The summed E-state index contributed by atoms with van der Waals surface area (Å²) in [5, 5.41) is 2.83. The number of carbonyl (C=O) groups is 2. The van der Waals surface area contributed by atoms with Crippen LogP contribution >= 0.6 is 0 Å². The van der Waals surface area contributed by atoms with Gasteiger partial charge in [0, 0.05) is 29.2 Å². The number of benzene rings is 1. The number of nitrogens with two attached hydrogens (primary N) is 1. The first kappa shape index (κ1) is 31.8. The minimum atomic E-state index is -4.52. The van der Waals surface area contributed by atoms with Crippen LogP contribution in [0.25, 0.3) is 5.57 Å². The molecular weight excluding hydrogens is 553 g/mol. The highest BCUT2D eigenvalue weighted by Gasteiger charge is 2.35. The van der Waals surface area contributed by atoms with Crippen LogP contribution in [0.3, 0.4) is 0 Å². The van der Waals surface area contributed by atoms with Gasteiger partial charge in [0.05, 0.1) is 17.0 Å². The number of hydrogen-bond donors (Lipinski definition) is 2. The van der Waals surface area contributed by atoms with Crippen molar-refractivity contribution in [3.63, 3.8) is 0 Å². The fourth-order valence-electron chi connectivity index (χ4n) is 3.53. The Labute approximate surface area is 241 Å². The van der Waals surface area contributed by atoms with E-state index in [0.29, 0.717) is 21.9 Å². The van der Waals surface area contributed by atoms with Gasteiger partial charge in [-0.3, -0.25) is 4.98 Å². The zero-order valence-electron chi connectivity index (χ0n) is 24.3. The molecule has 0 spiro atoms. The minimum absolute atomic E-state index is 0.158. The van der Waals surface area contributed by atoms with Crippen LogP contribution in [0.15, 0.2) is 60.4 Å². The van der Waals surface area contributed by atoms with E-state index in [2.05, 4.69) is 20.3 Å². The van der Waals surface area contributed by atoms with Crippen LogP contribution < -0.4 is 16.0 Å². The van der Waals surface area contributed by atoms with Crippen molar-refractivity contribution in [2.24, 2.45) is 5.73 Å². The molecule has 224 valence electrons. The maximum Gasteiger partial charge on any atom is 0.425 e. The van der Waals surface area contributed by atoms with E-state index in [4.69, 9.17) is 15.2 Å². The van der Waals surface area contributed by atoms with Gasteiger partial charge in [0.25, 0.3) is 0 Å². The van der Waals surface area contributed by atoms with Gasteiger partial charge in [-0.25, -0.2) is 14.6 Å². The molecule has 3 N–H and O–H groups in total. The molecule has 0 aliphatic heterocycles. The number of ether oxygens (including phenoxy) is 2. The Morgan fingerprint density at radius 3 is 1.88 bits per heavy atom. The molecule has 2 aromatic heterocycles. The van der Waals surface area contributed by atoms with Crippen LogP contribution in [0.2, 0.25) is 0 Å². The molecule has 0 aliphatic carbocycles. The predicted molar refractivity (Wildman–Crippen MR) is 152 cm³/mol. The molecule has 10 nitrogen and oxygen atoms in total. The second-order valence-electron chi connectivity index (χ2n) is 11.2. The number of allylic oxidation sites excluding steroid dienone is 1. The van der Waals surface area contributed by atoms with Gasteiger partial charge < -0.3 is 20.5 Å². The molecule has 0 unspecified atom stereocenters. The van der Waals surface area contributed by atoms with Crippen molar-refractivity contribution < 1.29 is 32.2 Å². The van der Waals surface area contributed by atoms with Crippen molar-refractivity contribution in [1.82, 2.24) is 15.0 Å². The van der Waals surface area contributed by atoms with Crippen molar-refractivity contribution in [3.05, 3.63) is 77.4 Å². The van der Waals surface area contributed by atoms with Gasteiger partial charge in [-0.2, -0.15) is 23.1 Å². The molecule has 0 fully saturated rings. The zero-order chi connectivity index (χ0) is 31.5. The maximum atomic E-state index is 13.3. The van der Waals surface area contributed by atoms with Crippen LogP contribution in [-0.2, 0) is 15.7 Å². The Hall–Kier alpha value is -4.68. The number of alkyl halides is 3. The van der Waals surface area contributed by atoms with Crippen molar-refractivity contribution in [1.29, 1.82) is 0 Å². The summed E-state index contributed by atoms with van der Waals surface area (Å²) in [6.45, 7) is 11.4. The third-order valence-corrected chi connectivity index (χ3v) is 5.13. The molecule has 3 rings (SSSR count). The number of hydrogen-bond acceptors (Lipinski definition) is 9. The Balaban J connectivity index is 2.23. The fraction of sp³-hybridized carbons (Fsp3) is 0.345. The highest BCUT2D eigenvalue weighted by molar-refractivity contribution is 6.09. The maximum absolute atomic E-state index is 13.3. The molecule has 42 heavy (non-hydrogen) atoms. The van der Waals surface area contributed by atoms with Crippen LogP contribution in [0, 0.1) is 0 Å². The SMILES string of the molecule is CC(N)=C(c1ccccn1)c1cc(N(C(=O)OC(C)(C)C)C(=O)OC(C)(C)C)nc(Nc2ccc(C(F)(F)F)cc2)n1. The first-order chi connectivity index (χ1) is 19.3. The van der Waals surface area contributed by atoms with Crippen LogP contribution in [0.5, 0.6) is 0 Å². The van der Waals surface area contributed by atoms with E-state index in [-0.39, 0.29) is 23.1 Å². The van der Waals surface area contributed by atoms with Crippen LogP contribution in [-0.4, -0.2) is 38.3 Å². The standard InChI is InChI=1S/C29H33F3N6O4/c1-17(33)23(20-10-8-9-15-34-20)21-16-22(38(25(39)41-27(2,3)4)26(40)42-28(5,6)7)37-24(36-21)35-19-13-11-18(12-14-19)29(30,31)32/h8-16H,33H2,1-7H3,(H,35,36,37). The molecule has 0 saturated heterocycles. The Morgan fingerprint density at radius 2 is 1.43 bits per heavy atom. The smallest absolute Gasteiger partial charge is 0.425 e.